The standard InChI is InChI=1S/C10H15N2O3S/c1-8(2)12-16(14,15)7-9-4-3-5-10(6-9)11-13/h3-6,8,11-12H,7H2,1-2H3/q-1. The molecule has 90 valence electrons. The van der Waals surface area contributed by atoms with Gasteiger partial charge in [0.05, 0.1) is 5.75 Å². The summed E-state index contributed by atoms with van der Waals surface area (Å²) in [7, 11) is -3.34. The summed E-state index contributed by atoms with van der Waals surface area (Å²) in [6.45, 7) is 3.51. The minimum absolute atomic E-state index is 0.124. The molecule has 0 spiro atoms. The normalized spacial score (nSPS) is 11.8. The molecular weight excluding hydrogens is 228 g/mol. The molecule has 0 aromatic heterocycles. The Morgan fingerprint density at radius 3 is 2.62 bits per heavy atom. The number of anilines is 1. The van der Waals surface area contributed by atoms with E-state index in [-0.39, 0.29) is 11.8 Å². The molecule has 5 nitrogen and oxygen atoms in total. The van der Waals surface area contributed by atoms with Crippen molar-refractivity contribution < 1.29 is 8.42 Å². The molecule has 0 unspecified atom stereocenters. The first-order chi connectivity index (χ1) is 7.43. The average molecular weight is 243 g/mol. The van der Waals surface area contributed by atoms with Crippen LogP contribution in [0.3, 0.4) is 0 Å². The number of hydrogen-bond acceptors (Lipinski definition) is 4. The lowest BCUT2D eigenvalue weighted by Gasteiger charge is -2.12. The molecule has 0 saturated heterocycles. The zero-order valence-corrected chi connectivity index (χ0v) is 10.0. The van der Waals surface area contributed by atoms with E-state index in [2.05, 4.69) is 4.72 Å². The monoisotopic (exact) mass is 243 g/mol. The van der Waals surface area contributed by atoms with E-state index in [1.807, 2.05) is 0 Å². The van der Waals surface area contributed by atoms with E-state index in [9.17, 15) is 13.6 Å². The van der Waals surface area contributed by atoms with Gasteiger partial charge >= 0.3 is 0 Å². The summed E-state index contributed by atoms with van der Waals surface area (Å²) in [5.74, 6) is -0.124. The summed E-state index contributed by atoms with van der Waals surface area (Å²) < 4.78 is 25.7. The van der Waals surface area contributed by atoms with Gasteiger partial charge in [-0.05, 0) is 31.5 Å². The molecule has 1 rings (SSSR count). The van der Waals surface area contributed by atoms with Crippen molar-refractivity contribution in [3.05, 3.63) is 35.0 Å². The Labute approximate surface area is 95.5 Å². The summed E-state index contributed by atoms with van der Waals surface area (Å²) in [6, 6.07) is 6.28. The SMILES string of the molecule is CC(C)NS(=O)(=O)Cc1cccc(N[O-])c1. The van der Waals surface area contributed by atoms with Gasteiger partial charge < -0.3 is 10.7 Å². The number of sulfonamides is 1. The second-order valence-corrected chi connectivity index (χ2v) is 5.59. The van der Waals surface area contributed by atoms with Crippen molar-refractivity contribution in [2.75, 3.05) is 5.48 Å². The predicted octanol–water partition coefficient (Wildman–Crippen LogP) is 1.42. The van der Waals surface area contributed by atoms with E-state index < -0.39 is 10.0 Å². The van der Waals surface area contributed by atoms with Gasteiger partial charge in [0.1, 0.15) is 0 Å². The van der Waals surface area contributed by atoms with Gasteiger partial charge in [0.25, 0.3) is 0 Å². The highest BCUT2D eigenvalue weighted by atomic mass is 32.2. The third-order valence-electron chi connectivity index (χ3n) is 1.82. The maximum absolute atomic E-state index is 11.6. The topological polar surface area (TPSA) is 81.3 Å². The second kappa shape index (κ2) is 5.29. The molecular formula is C10H15N2O3S-. The maximum Gasteiger partial charge on any atom is 0.216 e. The van der Waals surface area contributed by atoms with E-state index in [4.69, 9.17) is 0 Å². The van der Waals surface area contributed by atoms with Crippen molar-refractivity contribution in [2.45, 2.75) is 25.6 Å². The van der Waals surface area contributed by atoms with Gasteiger partial charge in [0.2, 0.25) is 10.0 Å². The molecule has 6 heteroatoms. The molecule has 0 bridgehead atoms. The summed E-state index contributed by atoms with van der Waals surface area (Å²) in [5, 5.41) is 10.4. The van der Waals surface area contributed by atoms with E-state index in [0.29, 0.717) is 11.3 Å². The van der Waals surface area contributed by atoms with Gasteiger partial charge in [0.15, 0.2) is 0 Å². The first kappa shape index (κ1) is 13.0. The molecule has 1 aromatic rings. The van der Waals surface area contributed by atoms with Crippen molar-refractivity contribution in [2.24, 2.45) is 0 Å². The van der Waals surface area contributed by atoms with Crippen LogP contribution in [0.5, 0.6) is 0 Å². The summed E-state index contributed by atoms with van der Waals surface area (Å²) in [6.07, 6.45) is 0. The third kappa shape index (κ3) is 4.18. The number of hydrogen-bond donors (Lipinski definition) is 2. The fraction of sp³-hybridized carbons (Fsp3) is 0.400. The van der Waals surface area contributed by atoms with Gasteiger partial charge in [-0.2, -0.15) is 0 Å². The lowest BCUT2D eigenvalue weighted by molar-refractivity contribution is 0.569. The molecule has 0 atom stereocenters. The van der Waals surface area contributed by atoms with Crippen LogP contribution < -0.4 is 10.2 Å². The molecule has 0 aliphatic rings. The summed E-state index contributed by atoms with van der Waals surface area (Å²) >= 11 is 0. The lowest BCUT2D eigenvalue weighted by atomic mass is 10.2. The molecule has 1 aromatic carbocycles. The number of nitrogens with one attached hydrogen (secondary N) is 2. The quantitative estimate of drug-likeness (QED) is 0.766. The lowest BCUT2D eigenvalue weighted by Crippen LogP contribution is -2.31. The minimum Gasteiger partial charge on any atom is -0.761 e. The molecule has 2 N–H and O–H groups in total. The Morgan fingerprint density at radius 1 is 1.38 bits per heavy atom. The Morgan fingerprint density at radius 2 is 2.06 bits per heavy atom. The highest BCUT2D eigenvalue weighted by Gasteiger charge is 2.12. The summed E-state index contributed by atoms with van der Waals surface area (Å²) in [5.41, 5.74) is 2.67. The van der Waals surface area contributed by atoms with Crippen LogP contribution >= 0.6 is 0 Å². The molecule has 0 saturated carbocycles. The van der Waals surface area contributed by atoms with Crippen LogP contribution in [0.25, 0.3) is 0 Å². The largest absolute Gasteiger partial charge is 0.761 e. The van der Waals surface area contributed by atoms with E-state index in [1.54, 1.807) is 37.5 Å². The van der Waals surface area contributed by atoms with Gasteiger partial charge in [-0.3, -0.25) is 0 Å². The highest BCUT2D eigenvalue weighted by Crippen LogP contribution is 2.12. The van der Waals surface area contributed by atoms with Gasteiger partial charge in [0, 0.05) is 11.7 Å². The van der Waals surface area contributed by atoms with Crippen LogP contribution in [-0.2, 0) is 15.8 Å². The van der Waals surface area contributed by atoms with Crippen LogP contribution in [0.4, 0.5) is 5.69 Å². The zero-order valence-electron chi connectivity index (χ0n) is 9.23. The molecule has 0 aliphatic carbocycles. The first-order valence-corrected chi connectivity index (χ1v) is 6.55. The van der Waals surface area contributed by atoms with Crippen LogP contribution in [0.2, 0.25) is 0 Å². The van der Waals surface area contributed by atoms with Crippen molar-refractivity contribution in [1.29, 1.82) is 0 Å². The van der Waals surface area contributed by atoms with E-state index in [0.717, 1.165) is 0 Å². The maximum atomic E-state index is 11.6. The molecule has 0 amide bonds. The Hall–Kier alpha value is -1.11. The zero-order chi connectivity index (χ0) is 12.2. The van der Waals surface area contributed by atoms with E-state index in [1.165, 1.54) is 6.07 Å². The molecule has 16 heavy (non-hydrogen) atoms. The number of rotatable bonds is 5. The van der Waals surface area contributed by atoms with Crippen LogP contribution in [0.1, 0.15) is 19.4 Å². The Balaban J connectivity index is 2.80. The van der Waals surface area contributed by atoms with Gasteiger partial charge in [-0.25, -0.2) is 13.1 Å². The fourth-order valence-corrected chi connectivity index (χ4v) is 2.76. The molecule has 0 radical (unpaired) electrons. The van der Waals surface area contributed by atoms with Crippen LogP contribution in [0.15, 0.2) is 24.3 Å². The van der Waals surface area contributed by atoms with Gasteiger partial charge in [-0.15, -0.1) is 0 Å². The smallest absolute Gasteiger partial charge is 0.216 e. The molecule has 0 aliphatic heterocycles. The Bertz CT molecular complexity index is 443. The average Bonchev–Trinajstić information content (AvgIpc) is 2.15. The Kier molecular flexibility index (Phi) is 4.28. The third-order valence-corrected chi connectivity index (χ3v) is 3.36. The minimum atomic E-state index is -3.34. The van der Waals surface area contributed by atoms with E-state index >= 15 is 0 Å². The molecule has 0 fully saturated rings. The van der Waals surface area contributed by atoms with Crippen LogP contribution in [-0.4, -0.2) is 14.5 Å². The first-order valence-electron chi connectivity index (χ1n) is 4.90. The van der Waals surface area contributed by atoms with Crippen molar-refractivity contribution in [3.8, 4) is 0 Å². The predicted molar refractivity (Wildman–Crippen MR) is 64.3 cm³/mol. The molecule has 0 heterocycles. The second-order valence-electron chi connectivity index (χ2n) is 3.83. The summed E-state index contributed by atoms with van der Waals surface area (Å²) in [4.78, 5) is 0. The van der Waals surface area contributed by atoms with Crippen molar-refractivity contribution in [1.82, 2.24) is 4.72 Å². The highest BCUT2D eigenvalue weighted by molar-refractivity contribution is 7.88. The van der Waals surface area contributed by atoms with Crippen LogP contribution in [0, 0.1) is 5.21 Å². The number of benzene rings is 1. The van der Waals surface area contributed by atoms with Crippen molar-refractivity contribution >= 4 is 15.7 Å². The van der Waals surface area contributed by atoms with Gasteiger partial charge in [-0.1, -0.05) is 12.1 Å². The van der Waals surface area contributed by atoms with Crippen molar-refractivity contribution in [3.63, 3.8) is 0 Å². The fourth-order valence-electron chi connectivity index (χ4n) is 1.34.